The lowest BCUT2D eigenvalue weighted by atomic mass is 10.1. The first-order chi connectivity index (χ1) is 12.7. The highest BCUT2D eigenvalue weighted by Crippen LogP contribution is 2.26. The Balaban J connectivity index is 1.66. The molecule has 4 rings (SSSR count). The van der Waals surface area contributed by atoms with Crippen LogP contribution in [0.2, 0.25) is 0 Å². The van der Waals surface area contributed by atoms with Crippen LogP contribution >= 0.6 is 0 Å². The molecule has 1 N–H and O–H groups in total. The predicted octanol–water partition coefficient (Wildman–Crippen LogP) is 3.11. The summed E-state index contributed by atoms with van der Waals surface area (Å²) < 4.78 is 0. The first kappa shape index (κ1) is 16.0. The number of nitrogens with one attached hydrogen (secondary N) is 1. The van der Waals surface area contributed by atoms with Gasteiger partial charge < -0.3 is 5.32 Å². The Labute approximate surface area is 150 Å². The van der Waals surface area contributed by atoms with E-state index in [4.69, 9.17) is 0 Å². The molecule has 26 heavy (non-hydrogen) atoms. The van der Waals surface area contributed by atoms with Gasteiger partial charge in [-0.25, -0.2) is 19.9 Å². The molecule has 0 saturated heterocycles. The highest BCUT2D eigenvalue weighted by molar-refractivity contribution is 5.92. The molecule has 7 nitrogen and oxygen atoms in total. The molecule has 0 aliphatic heterocycles. The molecule has 0 amide bonds. The molecule has 0 atom stereocenters. The summed E-state index contributed by atoms with van der Waals surface area (Å²) in [6.45, 7) is 4.32. The number of aryl methyl sites for hydroxylation is 2. The maximum atomic E-state index is 4.39. The monoisotopic (exact) mass is 343 g/mol. The molecule has 0 fully saturated rings. The van der Waals surface area contributed by atoms with Crippen molar-refractivity contribution in [3.63, 3.8) is 0 Å². The maximum absolute atomic E-state index is 4.39. The minimum Gasteiger partial charge on any atom is -0.364 e. The number of rotatable bonds is 4. The topological polar surface area (TPSA) is 89.4 Å². The van der Waals surface area contributed by atoms with E-state index in [9.17, 15) is 0 Å². The van der Waals surface area contributed by atoms with Crippen LogP contribution in [-0.4, -0.2) is 30.1 Å². The van der Waals surface area contributed by atoms with E-state index in [2.05, 4.69) is 35.5 Å². The van der Waals surface area contributed by atoms with Crippen molar-refractivity contribution in [2.75, 3.05) is 5.32 Å². The van der Waals surface area contributed by atoms with Crippen LogP contribution in [-0.2, 0) is 6.54 Å². The molecule has 3 heterocycles. The SMILES string of the molecule is Cc1ccc(CNc2ncnc3ccc(-c4cnc(C)nc4)cc23)nn1. The lowest BCUT2D eigenvalue weighted by Gasteiger charge is -2.09. The minimum absolute atomic E-state index is 0.539. The molecule has 0 spiro atoms. The Hall–Kier alpha value is -3.48. The average Bonchev–Trinajstić information content (AvgIpc) is 2.68. The van der Waals surface area contributed by atoms with Crippen LogP contribution in [0.3, 0.4) is 0 Å². The summed E-state index contributed by atoms with van der Waals surface area (Å²) in [5.74, 6) is 1.51. The fourth-order valence-electron chi connectivity index (χ4n) is 2.61. The Morgan fingerprint density at radius 2 is 1.69 bits per heavy atom. The van der Waals surface area contributed by atoms with Crippen LogP contribution in [0, 0.1) is 13.8 Å². The summed E-state index contributed by atoms with van der Waals surface area (Å²) in [5, 5.41) is 12.5. The van der Waals surface area contributed by atoms with Crippen LogP contribution in [0.15, 0.2) is 49.1 Å². The Kier molecular flexibility index (Phi) is 4.18. The second kappa shape index (κ2) is 6.79. The van der Waals surface area contributed by atoms with Gasteiger partial charge in [-0.1, -0.05) is 6.07 Å². The molecule has 0 aliphatic rings. The first-order valence-electron chi connectivity index (χ1n) is 8.26. The number of nitrogens with zero attached hydrogens (tertiary/aromatic N) is 6. The molecule has 0 unspecified atom stereocenters. The number of hydrogen-bond donors (Lipinski definition) is 1. The summed E-state index contributed by atoms with van der Waals surface area (Å²) >= 11 is 0. The van der Waals surface area contributed by atoms with Crippen LogP contribution in [0.25, 0.3) is 22.0 Å². The Bertz CT molecular complexity index is 1040. The van der Waals surface area contributed by atoms with E-state index in [0.717, 1.165) is 45.1 Å². The number of benzene rings is 1. The van der Waals surface area contributed by atoms with E-state index >= 15 is 0 Å². The van der Waals surface area contributed by atoms with Gasteiger partial charge in [-0.05, 0) is 43.7 Å². The molecule has 7 heteroatoms. The Morgan fingerprint density at radius 1 is 0.846 bits per heavy atom. The van der Waals surface area contributed by atoms with Gasteiger partial charge in [-0.3, -0.25) is 0 Å². The van der Waals surface area contributed by atoms with E-state index in [1.165, 1.54) is 0 Å². The fourth-order valence-corrected chi connectivity index (χ4v) is 2.61. The first-order valence-corrected chi connectivity index (χ1v) is 8.26. The quantitative estimate of drug-likeness (QED) is 0.609. The molecule has 0 radical (unpaired) electrons. The van der Waals surface area contributed by atoms with Crippen molar-refractivity contribution < 1.29 is 0 Å². The lowest BCUT2D eigenvalue weighted by Crippen LogP contribution is -2.05. The van der Waals surface area contributed by atoms with Gasteiger partial charge >= 0.3 is 0 Å². The van der Waals surface area contributed by atoms with Crippen molar-refractivity contribution in [3.8, 4) is 11.1 Å². The number of hydrogen-bond acceptors (Lipinski definition) is 7. The van der Waals surface area contributed by atoms with E-state index < -0.39 is 0 Å². The van der Waals surface area contributed by atoms with Crippen molar-refractivity contribution in [1.82, 2.24) is 30.1 Å². The summed E-state index contributed by atoms with van der Waals surface area (Å²) in [6.07, 6.45) is 5.20. The molecule has 3 aromatic heterocycles. The third-order valence-corrected chi connectivity index (χ3v) is 4.04. The van der Waals surface area contributed by atoms with E-state index in [-0.39, 0.29) is 0 Å². The van der Waals surface area contributed by atoms with Crippen LogP contribution in [0.1, 0.15) is 17.2 Å². The zero-order valence-corrected chi connectivity index (χ0v) is 14.5. The van der Waals surface area contributed by atoms with Gasteiger partial charge in [0.15, 0.2) is 0 Å². The highest BCUT2D eigenvalue weighted by Gasteiger charge is 2.07. The van der Waals surface area contributed by atoms with Gasteiger partial charge in [0.1, 0.15) is 18.0 Å². The zero-order chi connectivity index (χ0) is 17.9. The molecule has 0 aliphatic carbocycles. The second-order valence-electron chi connectivity index (χ2n) is 5.99. The third kappa shape index (κ3) is 3.32. The largest absolute Gasteiger partial charge is 0.364 e. The maximum Gasteiger partial charge on any atom is 0.137 e. The van der Waals surface area contributed by atoms with E-state index in [1.54, 1.807) is 6.33 Å². The van der Waals surface area contributed by atoms with Crippen LogP contribution in [0.5, 0.6) is 0 Å². The zero-order valence-electron chi connectivity index (χ0n) is 14.5. The molecule has 0 bridgehead atoms. The van der Waals surface area contributed by atoms with Crippen molar-refractivity contribution in [1.29, 1.82) is 0 Å². The average molecular weight is 343 g/mol. The van der Waals surface area contributed by atoms with Gasteiger partial charge in [0.05, 0.1) is 23.4 Å². The second-order valence-corrected chi connectivity index (χ2v) is 5.99. The molecular formula is C19H17N7. The number of fused-ring (bicyclic) bond motifs is 1. The minimum atomic E-state index is 0.539. The van der Waals surface area contributed by atoms with Crippen molar-refractivity contribution in [2.45, 2.75) is 20.4 Å². The van der Waals surface area contributed by atoms with Crippen LogP contribution in [0.4, 0.5) is 5.82 Å². The normalized spacial score (nSPS) is 10.8. The standard InChI is InChI=1S/C19H17N7/c1-12-3-5-16(26-25-12)10-22-19-17-7-14(4-6-18(17)23-11-24-19)15-8-20-13(2)21-9-15/h3-9,11H,10H2,1-2H3,(H,22,23,24). The van der Waals surface area contributed by atoms with Crippen molar-refractivity contribution in [3.05, 3.63) is 66.3 Å². The van der Waals surface area contributed by atoms with Crippen molar-refractivity contribution >= 4 is 16.7 Å². The number of anilines is 1. The van der Waals surface area contributed by atoms with Gasteiger partial charge in [-0.2, -0.15) is 10.2 Å². The predicted molar refractivity (Wildman–Crippen MR) is 99.4 cm³/mol. The lowest BCUT2D eigenvalue weighted by molar-refractivity contribution is 0.895. The molecule has 0 saturated carbocycles. The fraction of sp³-hybridized carbons (Fsp3) is 0.158. The molecular weight excluding hydrogens is 326 g/mol. The summed E-state index contributed by atoms with van der Waals surface area (Å²) in [5.41, 5.74) is 4.59. The summed E-state index contributed by atoms with van der Waals surface area (Å²) in [7, 11) is 0. The smallest absolute Gasteiger partial charge is 0.137 e. The molecule has 4 aromatic rings. The van der Waals surface area contributed by atoms with Crippen LogP contribution < -0.4 is 5.32 Å². The number of aromatic nitrogens is 6. The van der Waals surface area contributed by atoms with E-state index in [0.29, 0.717) is 6.54 Å². The highest BCUT2D eigenvalue weighted by atomic mass is 15.1. The summed E-state index contributed by atoms with van der Waals surface area (Å²) in [4.78, 5) is 17.3. The molecule has 128 valence electrons. The Morgan fingerprint density at radius 3 is 2.46 bits per heavy atom. The summed E-state index contributed by atoms with van der Waals surface area (Å²) in [6, 6.07) is 9.93. The van der Waals surface area contributed by atoms with E-state index in [1.807, 2.05) is 56.6 Å². The van der Waals surface area contributed by atoms with Gasteiger partial charge in [0.2, 0.25) is 0 Å². The van der Waals surface area contributed by atoms with Crippen molar-refractivity contribution in [2.24, 2.45) is 0 Å². The van der Waals surface area contributed by atoms with Gasteiger partial charge in [-0.15, -0.1) is 0 Å². The molecule has 1 aromatic carbocycles. The third-order valence-electron chi connectivity index (χ3n) is 4.04. The van der Waals surface area contributed by atoms with Gasteiger partial charge in [0.25, 0.3) is 0 Å². The van der Waals surface area contributed by atoms with Gasteiger partial charge in [0, 0.05) is 23.3 Å².